The van der Waals surface area contributed by atoms with Crippen molar-refractivity contribution in [2.45, 2.75) is 32.0 Å². The van der Waals surface area contributed by atoms with Gasteiger partial charge in [-0.05, 0) is 29.4 Å². The Morgan fingerprint density at radius 2 is 2.19 bits per heavy atom. The lowest BCUT2D eigenvalue weighted by atomic mass is 10.0. The summed E-state index contributed by atoms with van der Waals surface area (Å²) in [5, 5.41) is 7.83. The van der Waals surface area contributed by atoms with E-state index < -0.39 is 0 Å². The molecule has 9 heteroatoms. The van der Waals surface area contributed by atoms with Crippen LogP contribution >= 0.6 is 0 Å². The molecule has 0 saturated carbocycles. The van der Waals surface area contributed by atoms with Gasteiger partial charge in [0.05, 0.1) is 17.9 Å². The zero-order valence-corrected chi connectivity index (χ0v) is 17.7. The monoisotopic (exact) mass is 433 g/mol. The lowest BCUT2D eigenvalue weighted by Gasteiger charge is -2.39. The molecule has 2 aromatic rings. The van der Waals surface area contributed by atoms with Crippen LogP contribution < -0.4 is 11.1 Å². The first-order valence-corrected chi connectivity index (χ1v) is 10.6. The van der Waals surface area contributed by atoms with Gasteiger partial charge in [0.1, 0.15) is 11.6 Å². The van der Waals surface area contributed by atoms with Gasteiger partial charge in [-0.15, -0.1) is 0 Å². The van der Waals surface area contributed by atoms with Gasteiger partial charge in [-0.25, -0.2) is 9.37 Å². The normalized spacial score (nSPS) is 22.4. The number of allylic oxidation sites excluding steroid dienone is 6. The Bertz CT molecular complexity index is 1230. The number of hydrogen-bond acceptors (Lipinski definition) is 6. The SMILES string of the molecule is CC(=O)N1CC(NCc2cc(N)n3ncc(/C4=C/C5=CC(C=CC(F)=C5)N=CC4)c3n2)C1. The van der Waals surface area contributed by atoms with Crippen LogP contribution in [-0.4, -0.2) is 56.8 Å². The van der Waals surface area contributed by atoms with Crippen molar-refractivity contribution in [2.75, 3.05) is 18.8 Å². The van der Waals surface area contributed by atoms with Gasteiger partial charge in [-0.2, -0.15) is 9.61 Å². The van der Waals surface area contributed by atoms with E-state index in [9.17, 15) is 9.18 Å². The molecule has 2 aliphatic heterocycles. The number of anilines is 1. The van der Waals surface area contributed by atoms with E-state index in [0.717, 1.165) is 22.4 Å². The molecule has 1 amide bonds. The predicted molar refractivity (Wildman–Crippen MR) is 122 cm³/mol. The lowest BCUT2D eigenvalue weighted by Crippen LogP contribution is -2.59. The Hall–Kier alpha value is -3.59. The van der Waals surface area contributed by atoms with Crippen molar-refractivity contribution < 1.29 is 9.18 Å². The smallest absolute Gasteiger partial charge is 0.219 e. The van der Waals surface area contributed by atoms with Crippen LogP contribution in [0.15, 0.2) is 59.0 Å². The number of likely N-dealkylation sites (tertiary alicyclic amines) is 1. The molecule has 164 valence electrons. The molecule has 1 aliphatic carbocycles. The molecule has 32 heavy (non-hydrogen) atoms. The zero-order valence-electron chi connectivity index (χ0n) is 17.7. The molecule has 2 aromatic heterocycles. The quantitative estimate of drug-likeness (QED) is 0.770. The van der Waals surface area contributed by atoms with Gasteiger partial charge in [-0.3, -0.25) is 9.79 Å². The van der Waals surface area contributed by atoms with Crippen LogP contribution in [0.4, 0.5) is 10.2 Å². The Morgan fingerprint density at radius 3 is 3.00 bits per heavy atom. The van der Waals surface area contributed by atoms with E-state index in [4.69, 9.17) is 10.7 Å². The summed E-state index contributed by atoms with van der Waals surface area (Å²) in [6.45, 7) is 3.52. The van der Waals surface area contributed by atoms with E-state index in [1.54, 1.807) is 34.7 Å². The molecular formula is C23H24FN7O. The fourth-order valence-electron chi connectivity index (χ4n) is 4.07. The van der Waals surface area contributed by atoms with Gasteiger partial charge >= 0.3 is 0 Å². The van der Waals surface area contributed by atoms with Gasteiger partial charge in [0, 0.05) is 56.9 Å². The summed E-state index contributed by atoms with van der Waals surface area (Å²) < 4.78 is 15.6. The third kappa shape index (κ3) is 3.99. The van der Waals surface area contributed by atoms with E-state index in [0.29, 0.717) is 37.5 Å². The second-order valence-corrected chi connectivity index (χ2v) is 8.22. The van der Waals surface area contributed by atoms with Gasteiger partial charge < -0.3 is 16.0 Å². The lowest BCUT2D eigenvalue weighted by molar-refractivity contribution is -0.133. The average molecular weight is 433 g/mol. The van der Waals surface area contributed by atoms with Crippen LogP contribution in [0, 0.1) is 0 Å². The van der Waals surface area contributed by atoms with Crippen molar-refractivity contribution in [1.82, 2.24) is 24.8 Å². The fraction of sp³-hybridized carbons (Fsp3) is 0.304. The number of halogens is 1. The van der Waals surface area contributed by atoms with Crippen LogP contribution in [0.25, 0.3) is 11.2 Å². The fourth-order valence-corrected chi connectivity index (χ4v) is 4.07. The number of fused-ring (bicyclic) bond motifs is 2. The number of carbonyl (C=O) groups excluding carboxylic acids is 1. The van der Waals surface area contributed by atoms with Crippen LogP contribution in [0.1, 0.15) is 24.6 Å². The van der Waals surface area contributed by atoms with E-state index in [2.05, 4.69) is 15.4 Å². The number of rotatable bonds is 4. The van der Waals surface area contributed by atoms with Crippen molar-refractivity contribution in [3.8, 4) is 0 Å². The molecule has 5 rings (SSSR count). The Morgan fingerprint density at radius 1 is 1.34 bits per heavy atom. The summed E-state index contributed by atoms with van der Waals surface area (Å²) in [6.07, 6.45) is 12.7. The largest absolute Gasteiger partial charge is 0.384 e. The highest BCUT2D eigenvalue weighted by molar-refractivity contribution is 5.87. The number of aromatic nitrogens is 3. The third-order valence-electron chi connectivity index (χ3n) is 5.85. The Kier molecular flexibility index (Phi) is 5.18. The van der Waals surface area contributed by atoms with Crippen LogP contribution in [0.5, 0.6) is 0 Å². The molecule has 0 aromatic carbocycles. The summed E-state index contributed by atoms with van der Waals surface area (Å²) in [4.78, 5) is 22.5. The Balaban J connectivity index is 1.43. The molecule has 1 saturated heterocycles. The van der Waals surface area contributed by atoms with E-state index in [-0.39, 0.29) is 23.8 Å². The molecule has 8 nitrogen and oxygen atoms in total. The summed E-state index contributed by atoms with van der Waals surface area (Å²) >= 11 is 0. The van der Waals surface area contributed by atoms with E-state index in [1.165, 1.54) is 12.2 Å². The number of hydrogen-bond donors (Lipinski definition) is 2. The first-order valence-electron chi connectivity index (χ1n) is 10.6. The topological polar surface area (TPSA) is 101 Å². The maximum atomic E-state index is 14.0. The molecule has 1 fully saturated rings. The number of aliphatic imine (C=N–C) groups is 1. The molecule has 1 atom stereocenters. The number of nitrogens with one attached hydrogen (secondary N) is 1. The molecule has 0 spiro atoms. The van der Waals surface area contributed by atoms with Crippen LogP contribution in [0.3, 0.4) is 0 Å². The Labute approximate surface area is 184 Å². The van der Waals surface area contributed by atoms with Crippen molar-refractivity contribution in [1.29, 1.82) is 0 Å². The van der Waals surface area contributed by atoms with Crippen molar-refractivity contribution >= 4 is 29.2 Å². The molecular weight excluding hydrogens is 409 g/mol. The minimum atomic E-state index is -0.304. The highest BCUT2D eigenvalue weighted by Gasteiger charge is 2.28. The minimum Gasteiger partial charge on any atom is -0.384 e. The minimum absolute atomic E-state index is 0.0902. The highest BCUT2D eigenvalue weighted by Crippen LogP contribution is 2.28. The zero-order chi connectivity index (χ0) is 22.2. The van der Waals surface area contributed by atoms with Crippen molar-refractivity contribution in [3.05, 3.63) is 65.3 Å². The van der Waals surface area contributed by atoms with Crippen LogP contribution in [-0.2, 0) is 11.3 Å². The molecule has 3 aliphatic rings. The predicted octanol–water partition coefficient (Wildman–Crippen LogP) is 2.21. The molecule has 3 N–H and O–H groups in total. The van der Waals surface area contributed by atoms with Gasteiger partial charge in [-0.1, -0.05) is 12.2 Å². The third-order valence-corrected chi connectivity index (χ3v) is 5.85. The molecule has 1 unspecified atom stereocenters. The number of nitrogens with two attached hydrogens (primary N) is 1. The molecule has 4 heterocycles. The molecule has 2 bridgehead atoms. The van der Waals surface area contributed by atoms with E-state index >= 15 is 0 Å². The van der Waals surface area contributed by atoms with Gasteiger partial charge in [0.15, 0.2) is 5.65 Å². The van der Waals surface area contributed by atoms with Crippen LogP contribution in [0.2, 0.25) is 0 Å². The maximum Gasteiger partial charge on any atom is 0.219 e. The second-order valence-electron chi connectivity index (χ2n) is 8.22. The summed E-state index contributed by atoms with van der Waals surface area (Å²) in [6, 6.07) is 1.87. The standard InChI is InChI=1S/C23H24FN7O/c1-14(32)30-12-20(13-30)27-10-19-9-22(25)31-23(29-19)21(11-28-31)16-4-5-26-18-3-2-17(24)7-15(6-16)8-18/h2-3,5-9,11,18,20,27H,4,10,12-13,25H2,1H3/b16-6+,26-5?. The average Bonchev–Trinajstić information content (AvgIpc) is 3.02. The number of nitrogens with zero attached hydrogens (tertiary/aromatic N) is 5. The highest BCUT2D eigenvalue weighted by atomic mass is 19.1. The summed E-state index contributed by atoms with van der Waals surface area (Å²) in [5.74, 6) is 0.273. The van der Waals surface area contributed by atoms with Crippen molar-refractivity contribution in [3.63, 3.8) is 0 Å². The number of amides is 1. The first-order chi connectivity index (χ1) is 15.5. The van der Waals surface area contributed by atoms with Gasteiger partial charge in [0.2, 0.25) is 5.91 Å². The van der Waals surface area contributed by atoms with E-state index in [1.807, 2.05) is 18.4 Å². The summed E-state index contributed by atoms with van der Waals surface area (Å²) in [5.41, 5.74) is 10.2. The molecule has 0 radical (unpaired) electrons. The first kappa shape index (κ1) is 20.3. The number of nitrogen functional groups attached to an aromatic ring is 1. The second kappa shape index (κ2) is 8.16. The summed E-state index contributed by atoms with van der Waals surface area (Å²) in [7, 11) is 0. The number of carbonyl (C=O) groups is 1. The van der Waals surface area contributed by atoms with Crippen molar-refractivity contribution in [2.24, 2.45) is 4.99 Å². The maximum absolute atomic E-state index is 14.0. The van der Waals surface area contributed by atoms with Gasteiger partial charge in [0.25, 0.3) is 0 Å².